The Balaban J connectivity index is 2.02. The number of aromatic nitrogens is 1. The highest BCUT2D eigenvalue weighted by molar-refractivity contribution is 6.33. The zero-order chi connectivity index (χ0) is 13.4. The number of pyridine rings is 1. The van der Waals surface area contributed by atoms with Crippen molar-refractivity contribution in [3.8, 4) is 0 Å². The van der Waals surface area contributed by atoms with Gasteiger partial charge in [-0.25, -0.2) is 9.78 Å². The van der Waals surface area contributed by atoms with Gasteiger partial charge in [0.25, 0.3) is 0 Å². The van der Waals surface area contributed by atoms with Gasteiger partial charge in [0.05, 0.1) is 13.2 Å². The van der Waals surface area contributed by atoms with E-state index in [1.165, 1.54) is 12.8 Å². The molecule has 5 nitrogen and oxygen atoms in total. The van der Waals surface area contributed by atoms with E-state index in [4.69, 9.17) is 4.74 Å². The van der Waals surface area contributed by atoms with Crippen molar-refractivity contribution in [1.29, 1.82) is 0 Å². The fourth-order valence-corrected chi connectivity index (χ4v) is 2.56. The number of anilines is 1. The van der Waals surface area contributed by atoms with Gasteiger partial charge in [-0.15, -0.1) is 0 Å². The van der Waals surface area contributed by atoms with Crippen molar-refractivity contribution < 1.29 is 14.6 Å². The van der Waals surface area contributed by atoms with E-state index < -0.39 is 5.97 Å². The standard InChI is InChI=1S/C13H17BN2O3/c14-10-7-9(13(17)18)12(15-11(10)8-1-2-8)16-3-5-19-6-4-16/h7-8H,1-6,14H2,(H,17,18). The van der Waals surface area contributed by atoms with Crippen molar-refractivity contribution in [2.24, 2.45) is 0 Å². The predicted molar refractivity (Wildman–Crippen MR) is 74.4 cm³/mol. The number of carboxylic acid groups (broad SMARTS) is 1. The smallest absolute Gasteiger partial charge is 0.339 e. The third kappa shape index (κ3) is 2.45. The van der Waals surface area contributed by atoms with E-state index in [1.54, 1.807) is 6.07 Å². The largest absolute Gasteiger partial charge is 0.478 e. The van der Waals surface area contributed by atoms with Crippen molar-refractivity contribution in [3.63, 3.8) is 0 Å². The van der Waals surface area contributed by atoms with E-state index in [0.29, 0.717) is 43.6 Å². The van der Waals surface area contributed by atoms with Crippen LogP contribution >= 0.6 is 0 Å². The molecule has 1 N–H and O–H groups in total. The highest BCUT2D eigenvalue weighted by Gasteiger charge is 2.29. The molecule has 2 fully saturated rings. The normalized spacial score (nSPS) is 19.5. The third-order valence-corrected chi connectivity index (χ3v) is 3.74. The number of hydrogen-bond acceptors (Lipinski definition) is 4. The lowest BCUT2D eigenvalue weighted by Gasteiger charge is -2.29. The molecule has 1 aliphatic carbocycles. The van der Waals surface area contributed by atoms with E-state index in [1.807, 2.05) is 12.7 Å². The maximum atomic E-state index is 11.4. The van der Waals surface area contributed by atoms with E-state index in [9.17, 15) is 9.90 Å². The molecule has 1 saturated carbocycles. The number of carboxylic acids is 1. The Kier molecular flexibility index (Phi) is 3.18. The Morgan fingerprint density at radius 3 is 2.68 bits per heavy atom. The van der Waals surface area contributed by atoms with Crippen LogP contribution in [0.3, 0.4) is 0 Å². The predicted octanol–water partition coefficient (Wildman–Crippen LogP) is -0.248. The average molecular weight is 260 g/mol. The second-order valence-electron chi connectivity index (χ2n) is 5.24. The summed E-state index contributed by atoms with van der Waals surface area (Å²) in [5.41, 5.74) is 2.38. The van der Waals surface area contributed by atoms with Gasteiger partial charge in [0.15, 0.2) is 0 Å². The van der Waals surface area contributed by atoms with E-state index >= 15 is 0 Å². The fraction of sp³-hybridized carbons (Fsp3) is 0.538. The molecule has 1 saturated heterocycles. The molecule has 0 radical (unpaired) electrons. The van der Waals surface area contributed by atoms with Crippen molar-refractivity contribution >= 4 is 25.1 Å². The molecule has 2 heterocycles. The first-order valence-electron chi connectivity index (χ1n) is 6.74. The molecule has 0 bridgehead atoms. The van der Waals surface area contributed by atoms with Crippen molar-refractivity contribution in [2.75, 3.05) is 31.2 Å². The Hall–Kier alpha value is -1.56. The quantitative estimate of drug-likeness (QED) is 0.759. The number of aromatic carboxylic acids is 1. The molecule has 3 rings (SSSR count). The van der Waals surface area contributed by atoms with Gasteiger partial charge in [0.2, 0.25) is 0 Å². The monoisotopic (exact) mass is 260 g/mol. The fourth-order valence-electron chi connectivity index (χ4n) is 2.56. The molecular formula is C13H17BN2O3. The summed E-state index contributed by atoms with van der Waals surface area (Å²) in [5, 5.41) is 9.37. The molecule has 6 heteroatoms. The first-order valence-corrected chi connectivity index (χ1v) is 6.74. The summed E-state index contributed by atoms with van der Waals surface area (Å²) in [6.07, 6.45) is 2.34. The minimum absolute atomic E-state index is 0.309. The van der Waals surface area contributed by atoms with Gasteiger partial charge in [-0.3, -0.25) is 0 Å². The highest BCUT2D eigenvalue weighted by atomic mass is 16.5. The topological polar surface area (TPSA) is 62.7 Å². The van der Waals surface area contributed by atoms with Crippen LogP contribution in [0, 0.1) is 0 Å². The molecule has 100 valence electrons. The Labute approximate surface area is 113 Å². The number of nitrogens with zero attached hydrogens (tertiary/aromatic N) is 2. The summed E-state index contributed by atoms with van der Waals surface area (Å²) in [6, 6.07) is 1.77. The number of carbonyl (C=O) groups is 1. The van der Waals surface area contributed by atoms with Crippen LogP contribution in [-0.4, -0.2) is 50.2 Å². The van der Waals surface area contributed by atoms with Crippen LogP contribution in [-0.2, 0) is 4.74 Å². The molecule has 0 atom stereocenters. The Bertz CT molecular complexity index is 511. The summed E-state index contributed by atoms with van der Waals surface area (Å²) < 4.78 is 5.32. The molecule has 0 aromatic carbocycles. The lowest BCUT2D eigenvalue weighted by atomic mass is 9.90. The zero-order valence-corrected chi connectivity index (χ0v) is 11.1. The van der Waals surface area contributed by atoms with Gasteiger partial charge in [-0.05, 0) is 18.9 Å². The van der Waals surface area contributed by atoms with Gasteiger partial charge >= 0.3 is 5.97 Å². The summed E-state index contributed by atoms with van der Waals surface area (Å²) >= 11 is 0. The summed E-state index contributed by atoms with van der Waals surface area (Å²) in [5.74, 6) is 0.241. The van der Waals surface area contributed by atoms with Crippen LogP contribution in [0.25, 0.3) is 0 Å². The van der Waals surface area contributed by atoms with Crippen LogP contribution < -0.4 is 10.4 Å². The molecule has 19 heavy (non-hydrogen) atoms. The van der Waals surface area contributed by atoms with Crippen LogP contribution in [0.1, 0.15) is 34.8 Å². The number of morpholine rings is 1. The van der Waals surface area contributed by atoms with Gasteiger partial charge < -0.3 is 14.7 Å². The maximum absolute atomic E-state index is 11.4. The van der Waals surface area contributed by atoms with E-state index in [-0.39, 0.29) is 0 Å². The Morgan fingerprint density at radius 1 is 1.42 bits per heavy atom. The van der Waals surface area contributed by atoms with Gasteiger partial charge in [-0.2, -0.15) is 0 Å². The second-order valence-corrected chi connectivity index (χ2v) is 5.24. The van der Waals surface area contributed by atoms with Gasteiger partial charge in [-0.1, -0.05) is 5.46 Å². The van der Waals surface area contributed by atoms with Crippen LogP contribution in [0.4, 0.5) is 5.82 Å². The second kappa shape index (κ2) is 4.85. The molecule has 1 aromatic heterocycles. The molecule has 0 unspecified atom stereocenters. The van der Waals surface area contributed by atoms with E-state index in [2.05, 4.69) is 4.98 Å². The van der Waals surface area contributed by atoms with E-state index in [0.717, 1.165) is 11.2 Å². The number of hydrogen-bond donors (Lipinski definition) is 1. The van der Waals surface area contributed by atoms with Crippen LogP contribution in [0.5, 0.6) is 0 Å². The molecule has 2 aliphatic rings. The third-order valence-electron chi connectivity index (χ3n) is 3.74. The maximum Gasteiger partial charge on any atom is 0.339 e. The molecular weight excluding hydrogens is 243 g/mol. The molecule has 1 aromatic rings. The van der Waals surface area contributed by atoms with Crippen molar-refractivity contribution in [1.82, 2.24) is 4.98 Å². The van der Waals surface area contributed by atoms with Crippen LogP contribution in [0.15, 0.2) is 6.07 Å². The minimum Gasteiger partial charge on any atom is -0.478 e. The summed E-state index contributed by atoms with van der Waals surface area (Å²) in [4.78, 5) is 18.1. The van der Waals surface area contributed by atoms with Gasteiger partial charge in [0.1, 0.15) is 19.2 Å². The minimum atomic E-state index is -0.903. The Morgan fingerprint density at radius 2 is 2.11 bits per heavy atom. The number of ether oxygens (including phenoxy) is 1. The lowest BCUT2D eigenvalue weighted by Crippen LogP contribution is -2.38. The molecule has 1 aliphatic heterocycles. The zero-order valence-electron chi connectivity index (χ0n) is 11.1. The van der Waals surface area contributed by atoms with Gasteiger partial charge in [0, 0.05) is 24.7 Å². The first kappa shape index (κ1) is 12.5. The number of rotatable bonds is 3. The van der Waals surface area contributed by atoms with Crippen molar-refractivity contribution in [2.45, 2.75) is 18.8 Å². The average Bonchev–Trinajstić information content (AvgIpc) is 3.23. The summed E-state index contributed by atoms with van der Waals surface area (Å²) in [7, 11) is 1.95. The lowest BCUT2D eigenvalue weighted by molar-refractivity contribution is 0.0696. The first-order chi connectivity index (χ1) is 9.16. The molecule has 0 amide bonds. The van der Waals surface area contributed by atoms with Crippen molar-refractivity contribution in [3.05, 3.63) is 17.3 Å². The molecule has 0 spiro atoms. The van der Waals surface area contributed by atoms with Crippen LogP contribution in [0.2, 0.25) is 0 Å². The SMILES string of the molecule is Bc1cc(C(=O)O)c(N2CCOCC2)nc1C1CC1. The highest BCUT2D eigenvalue weighted by Crippen LogP contribution is 2.39. The summed E-state index contributed by atoms with van der Waals surface area (Å²) in [6.45, 7) is 2.68.